The predicted molar refractivity (Wildman–Crippen MR) is 497 cm³/mol. The van der Waals surface area contributed by atoms with Crippen molar-refractivity contribution < 1.29 is 94.8 Å². The number of nitrogens with two attached hydrogens (primary N) is 2. The number of nitrogens with zero attached hydrogens (tertiary/aromatic N) is 5. The Morgan fingerprint density at radius 2 is 1.01 bits per heavy atom. The van der Waals surface area contributed by atoms with E-state index in [0.717, 1.165) is 31.3 Å². The fourth-order valence-corrected chi connectivity index (χ4v) is 16.8. The Labute approximate surface area is 772 Å². The number of carbonyl (C=O) groups is 13. The summed E-state index contributed by atoms with van der Waals surface area (Å²) in [5.74, 6) is -2.68. The molecule has 12 atom stereocenters. The van der Waals surface area contributed by atoms with Gasteiger partial charge in [0.25, 0.3) is 5.91 Å². The molecule has 8 bridgehead atoms. The quantitative estimate of drug-likeness (QED) is 0.0289. The Kier molecular flexibility index (Phi) is 34.8. The molecule has 6 heterocycles. The average molecular weight is 1850 g/mol. The lowest BCUT2D eigenvalue weighted by atomic mass is 9.85. The highest BCUT2D eigenvalue weighted by Gasteiger charge is 2.50. The summed E-state index contributed by atoms with van der Waals surface area (Å²) < 4.78 is 53.2. The number of hydrazine groups is 1. The monoisotopic (exact) mass is 1850 g/mol. The molecule has 12 amide bonds. The van der Waals surface area contributed by atoms with Crippen molar-refractivity contribution in [1.82, 2.24) is 66.5 Å². The van der Waals surface area contributed by atoms with Crippen LogP contribution < -0.4 is 63.0 Å². The van der Waals surface area contributed by atoms with Gasteiger partial charge in [-0.05, 0) is 172 Å². The van der Waals surface area contributed by atoms with Crippen LogP contribution >= 0.6 is 0 Å². The third kappa shape index (κ3) is 29.7. The number of carboxylic acid groups (broad SMARTS) is 1. The van der Waals surface area contributed by atoms with Gasteiger partial charge >= 0.3 is 18.2 Å². The van der Waals surface area contributed by atoms with Gasteiger partial charge in [0.2, 0.25) is 63.2 Å². The second-order valence-corrected chi connectivity index (χ2v) is 40.5. The minimum absolute atomic E-state index is 0.0192. The van der Waals surface area contributed by atoms with E-state index in [1.165, 1.54) is 55.9 Å². The summed E-state index contributed by atoms with van der Waals surface area (Å²) in [6.07, 6.45) is -0.122. The molecule has 2 fully saturated rings. The van der Waals surface area contributed by atoms with Crippen LogP contribution in [0.3, 0.4) is 0 Å². The first-order valence-corrected chi connectivity index (χ1v) is 46.2. The van der Waals surface area contributed by atoms with Gasteiger partial charge < -0.3 is 81.8 Å². The standard InChI is InChI=1S/C96H131N15O20S/c1-57(107(16)91(124)130-95(10,11)12)81(113)104-79(93(4,5)6)88(120)109-53-64-25-22-23-43-128-71-38-32-60(33-39-71)47-75(85(117)106-132(126,127)44-24-42-99-59(3)112)100-83(115)73(49-62-30-36-65-26-18-20-28-67(65)45-62)102-87(119)78-52-70(55-110(78)89(121)80(94(7,8)9)105-82(114)58(2)108(17)92(125)131-96(13,14)15)111(98)54-69(97)56-129-72-40-34-61(35-41-72)48-76(90(122)123)103-84(116)74(101-86(118)77(109)51-64)50-63-31-37-66-27-19-21-29-68(66)46-63/h18-21,26-41,45-46,54,57-58,64,70,73-80H,22-25,42-44,47-53,55-56,97-98H2,1-17H3,(H,99,112)(H,100,115)(H,101,118)(H,102,119)(H,103,116)(H,104,113)(H,105,114)(H,106,117)(H,122,123)/b69-54-/t57-,58-,64-,70-,73-,74-,75-,76-,77-,78-,79+,80+/m0/s1. The van der Waals surface area contributed by atoms with Crippen molar-refractivity contribution >= 4 is 109 Å². The number of hydrogen-bond donors (Lipinski definition) is 11. The third-order valence-corrected chi connectivity index (χ3v) is 24.6. The van der Waals surface area contributed by atoms with Gasteiger partial charge in [0.15, 0.2) is 0 Å². The first-order valence-electron chi connectivity index (χ1n) is 44.5. The van der Waals surface area contributed by atoms with Crippen LogP contribution in [0.2, 0.25) is 0 Å². The highest BCUT2D eigenvalue weighted by atomic mass is 32.2. The highest BCUT2D eigenvalue weighted by molar-refractivity contribution is 7.90. The second-order valence-electron chi connectivity index (χ2n) is 38.6. The summed E-state index contributed by atoms with van der Waals surface area (Å²) in [6.45, 7) is 24.0. The van der Waals surface area contributed by atoms with E-state index < -0.39 is 181 Å². The van der Waals surface area contributed by atoms with E-state index in [9.17, 15) is 47.1 Å². The predicted octanol–water partition coefficient (Wildman–Crippen LogP) is 6.94. The van der Waals surface area contributed by atoms with Crippen LogP contribution in [-0.4, -0.2) is 246 Å². The third-order valence-electron chi connectivity index (χ3n) is 23.3. The number of amides is 12. The Morgan fingerprint density at radius 1 is 0.568 bits per heavy atom. The van der Waals surface area contributed by atoms with Crippen molar-refractivity contribution in [2.45, 2.75) is 246 Å². The van der Waals surface area contributed by atoms with E-state index in [2.05, 4.69) is 41.9 Å². The summed E-state index contributed by atoms with van der Waals surface area (Å²) in [7, 11) is -1.69. The molecule has 0 aliphatic carbocycles. The summed E-state index contributed by atoms with van der Waals surface area (Å²) in [5.41, 5.74) is 4.73. The van der Waals surface area contributed by atoms with Gasteiger partial charge in [-0.25, -0.2) is 28.6 Å². The number of nitrogens with one attached hydrogen (secondary N) is 8. The second kappa shape index (κ2) is 44.5. The molecule has 0 unspecified atom stereocenters. The van der Waals surface area contributed by atoms with E-state index in [4.69, 9.17) is 30.5 Å². The van der Waals surface area contributed by atoms with Crippen molar-refractivity contribution in [3.63, 3.8) is 0 Å². The molecule has 716 valence electrons. The van der Waals surface area contributed by atoms with Crippen molar-refractivity contribution in [3.05, 3.63) is 168 Å². The fourth-order valence-electron chi connectivity index (χ4n) is 15.7. The van der Waals surface area contributed by atoms with Crippen LogP contribution in [0.5, 0.6) is 11.5 Å². The SMILES string of the molecule is CC(=O)NCCCS(=O)(=O)NC(=O)[C@@H]1Cc2ccc(cc2)OCCCC[C@H]2C[C@@H](C(=O)N[C@@H](Cc3ccc4ccccc4c3)C(=O)N[C@H](C(=O)O)Cc3ccc(cc3)OC/C(N)=C/N(N)[C@H]3C[C@@H](C(=O)N[C@@H](Cc4ccc5ccccc5c4)C(=O)N1)N(C(=O)[C@@H](NC(=O)[C@H](C)N(C)C(=O)OC(C)(C)C)C(C)(C)C)C3)N(C(=O)[C@@H](NC(=O)[C@H](C)N(C)C(=O)OC(C)(C)C)C(C)(C)C)C2. The van der Waals surface area contributed by atoms with Gasteiger partial charge in [-0.3, -0.25) is 62.5 Å². The number of sulfonamides is 1. The minimum atomic E-state index is -4.46. The van der Waals surface area contributed by atoms with E-state index >= 15 is 28.8 Å². The van der Waals surface area contributed by atoms with E-state index in [0.29, 0.717) is 47.3 Å². The van der Waals surface area contributed by atoms with Crippen molar-refractivity contribution in [1.29, 1.82) is 0 Å². The van der Waals surface area contributed by atoms with Gasteiger partial charge in [0, 0.05) is 79.0 Å². The van der Waals surface area contributed by atoms with E-state index in [1.807, 2.05) is 72.8 Å². The Morgan fingerprint density at radius 3 is 1.46 bits per heavy atom. The van der Waals surface area contributed by atoms with Gasteiger partial charge in [-0.1, -0.05) is 151 Å². The molecule has 0 saturated carbocycles. The molecule has 132 heavy (non-hydrogen) atoms. The van der Waals surface area contributed by atoms with E-state index in [-0.39, 0.29) is 95.2 Å². The lowest BCUT2D eigenvalue weighted by Crippen LogP contribution is -2.61. The molecule has 2 saturated heterocycles. The van der Waals surface area contributed by atoms with E-state index in [1.54, 1.807) is 144 Å². The molecule has 6 aliphatic heterocycles. The lowest BCUT2D eigenvalue weighted by molar-refractivity contribution is -0.145. The van der Waals surface area contributed by atoms with Gasteiger partial charge in [-0.15, -0.1) is 0 Å². The molecule has 6 aliphatic rings. The van der Waals surface area contributed by atoms with Crippen molar-refractivity contribution in [2.75, 3.05) is 52.7 Å². The summed E-state index contributed by atoms with van der Waals surface area (Å²) in [4.78, 5) is 193. The van der Waals surface area contributed by atoms with Crippen molar-refractivity contribution in [2.24, 2.45) is 28.3 Å². The number of carbonyl (C=O) groups excluding carboxylic acids is 12. The molecule has 6 aromatic rings. The molecule has 13 N–H and O–H groups in total. The normalized spacial score (nSPS) is 21.1. The van der Waals surface area contributed by atoms with Crippen LogP contribution in [0, 0.1) is 16.7 Å². The molecule has 6 aromatic carbocycles. The van der Waals surface area contributed by atoms with Crippen LogP contribution in [0.15, 0.2) is 145 Å². The molecule has 36 heteroatoms. The number of hydrogen-bond acceptors (Lipinski definition) is 22. The minimum Gasteiger partial charge on any atom is -0.494 e. The molecule has 35 nitrogen and oxygen atoms in total. The molecule has 0 radical (unpaired) electrons. The lowest BCUT2D eigenvalue weighted by Gasteiger charge is -2.37. The number of aliphatic carboxylic acids is 1. The molecular weight excluding hydrogens is 1720 g/mol. The van der Waals surface area contributed by atoms with Crippen LogP contribution in [-0.2, 0) is 97.9 Å². The number of fused-ring (bicyclic) bond motifs is 2. The zero-order chi connectivity index (χ0) is 97.2. The summed E-state index contributed by atoms with van der Waals surface area (Å²) in [5, 5.41) is 34.9. The van der Waals surface area contributed by atoms with Crippen LogP contribution in [0.25, 0.3) is 21.5 Å². The van der Waals surface area contributed by atoms with Gasteiger partial charge in [0.05, 0.1) is 24.1 Å². The zero-order valence-electron chi connectivity index (χ0n) is 78.5. The topological polar surface area (TPSA) is 478 Å². The maximum absolute atomic E-state index is 15.7. The molecule has 0 spiro atoms. The first-order chi connectivity index (χ1) is 61.8. The zero-order valence-corrected chi connectivity index (χ0v) is 79.3. The van der Waals surface area contributed by atoms with Crippen LogP contribution in [0.4, 0.5) is 9.59 Å². The Bertz CT molecular complexity index is 5320. The molecular formula is C96H131N15O20S. The average Bonchev–Trinajstić information content (AvgIpc) is 1.64. The number of benzene rings is 6. The largest absolute Gasteiger partial charge is 0.494 e. The maximum Gasteiger partial charge on any atom is 0.410 e. The highest BCUT2D eigenvalue weighted by Crippen LogP contribution is 2.34. The molecule has 0 aromatic heterocycles. The molecule has 12 rings (SSSR count). The smallest absolute Gasteiger partial charge is 0.410 e. The number of likely N-dealkylation sites (N-methyl/N-ethyl adjacent to an activating group) is 2. The van der Waals surface area contributed by atoms with Gasteiger partial charge in [0.1, 0.15) is 89.7 Å². The number of rotatable bonds is 19. The van der Waals surface area contributed by atoms with Gasteiger partial charge in [-0.2, -0.15) is 0 Å². The fraction of sp³-hybridized carbons (Fsp3) is 0.510. The maximum atomic E-state index is 15.7. The summed E-state index contributed by atoms with van der Waals surface area (Å²) >= 11 is 0. The number of likely N-dealkylation sites (tertiary alicyclic amines) is 2. The van der Waals surface area contributed by atoms with Crippen molar-refractivity contribution in [3.8, 4) is 11.5 Å². The number of ether oxygens (including phenoxy) is 4. The van der Waals surface area contributed by atoms with Crippen LogP contribution in [0.1, 0.15) is 165 Å². The summed E-state index contributed by atoms with van der Waals surface area (Å²) in [6, 6.07) is 23.5. The first kappa shape index (κ1) is 103. The Hall–Kier alpha value is -12.6. The Balaban J connectivity index is 1.08. The number of carboxylic acids is 1.